The van der Waals surface area contributed by atoms with E-state index in [1.807, 2.05) is 29.0 Å². The number of thiophene rings is 1. The highest BCUT2D eigenvalue weighted by molar-refractivity contribution is 7.14. The molecule has 4 heterocycles. The van der Waals surface area contributed by atoms with Crippen molar-refractivity contribution in [1.29, 1.82) is 0 Å². The largest absolute Gasteiger partial charge is 0.481 e. The van der Waals surface area contributed by atoms with Gasteiger partial charge in [0, 0.05) is 37.6 Å². The standard InChI is InChI=1S/C22H26N4O4S2/c1-28-19-7-6-16(20(24-19)29-2)17-15-32-22(23-17)26(21(27)18-5-3-14-31-18)9-4-8-25-10-12-30-13-11-25/h3,5-7,14-15H,4,8-13H2,1-2H3. The summed E-state index contributed by atoms with van der Waals surface area (Å²) < 4.78 is 16.0. The monoisotopic (exact) mass is 474 g/mol. The molecule has 3 aromatic heterocycles. The van der Waals surface area contributed by atoms with Crippen LogP contribution in [0.5, 0.6) is 11.8 Å². The fraction of sp³-hybridized carbons (Fsp3) is 0.409. The number of ether oxygens (including phenoxy) is 3. The maximum absolute atomic E-state index is 13.3. The van der Waals surface area contributed by atoms with E-state index < -0.39 is 0 Å². The number of carbonyl (C=O) groups is 1. The molecule has 0 aromatic carbocycles. The number of methoxy groups -OCH3 is 2. The van der Waals surface area contributed by atoms with Crippen molar-refractivity contribution in [2.75, 3.05) is 58.5 Å². The smallest absolute Gasteiger partial charge is 0.270 e. The van der Waals surface area contributed by atoms with E-state index in [9.17, 15) is 4.79 Å². The van der Waals surface area contributed by atoms with Crippen LogP contribution in [0.4, 0.5) is 5.13 Å². The fourth-order valence-electron chi connectivity index (χ4n) is 3.49. The normalized spacial score (nSPS) is 14.3. The molecule has 10 heteroatoms. The van der Waals surface area contributed by atoms with Gasteiger partial charge in [0.25, 0.3) is 5.91 Å². The van der Waals surface area contributed by atoms with Gasteiger partial charge in [0.05, 0.1) is 43.6 Å². The maximum atomic E-state index is 13.3. The second kappa shape index (κ2) is 10.9. The van der Waals surface area contributed by atoms with Gasteiger partial charge in [0.1, 0.15) is 0 Å². The second-order valence-electron chi connectivity index (χ2n) is 7.17. The molecule has 0 radical (unpaired) electrons. The molecule has 0 saturated carbocycles. The Bertz CT molecular complexity index is 1020. The van der Waals surface area contributed by atoms with E-state index in [0.717, 1.165) is 44.8 Å². The number of rotatable bonds is 9. The SMILES string of the molecule is COc1ccc(-c2csc(N(CCCN3CCOCC3)C(=O)c3cccs3)n2)c(OC)n1. The minimum absolute atomic E-state index is 0.0253. The number of anilines is 1. The summed E-state index contributed by atoms with van der Waals surface area (Å²) in [7, 11) is 3.13. The van der Waals surface area contributed by atoms with Crippen LogP contribution in [-0.4, -0.2) is 74.4 Å². The molecule has 1 aliphatic heterocycles. The highest BCUT2D eigenvalue weighted by Gasteiger charge is 2.23. The lowest BCUT2D eigenvalue weighted by atomic mass is 10.2. The van der Waals surface area contributed by atoms with E-state index in [4.69, 9.17) is 19.2 Å². The first kappa shape index (κ1) is 22.7. The van der Waals surface area contributed by atoms with E-state index in [1.54, 1.807) is 25.2 Å². The summed E-state index contributed by atoms with van der Waals surface area (Å²) in [5.41, 5.74) is 1.47. The number of nitrogens with zero attached hydrogens (tertiary/aromatic N) is 4. The van der Waals surface area contributed by atoms with Crippen molar-refractivity contribution < 1.29 is 19.0 Å². The first-order valence-corrected chi connectivity index (χ1v) is 12.2. The lowest BCUT2D eigenvalue weighted by molar-refractivity contribution is 0.0376. The van der Waals surface area contributed by atoms with E-state index in [-0.39, 0.29) is 5.91 Å². The molecule has 4 rings (SSSR count). The van der Waals surface area contributed by atoms with Crippen LogP contribution in [0.3, 0.4) is 0 Å². The molecule has 1 amide bonds. The van der Waals surface area contributed by atoms with E-state index in [0.29, 0.717) is 34.0 Å². The number of pyridine rings is 1. The number of thiazole rings is 1. The second-order valence-corrected chi connectivity index (χ2v) is 8.95. The number of amides is 1. The lowest BCUT2D eigenvalue weighted by Gasteiger charge is -2.27. The Labute approximate surface area is 195 Å². The Hall–Kier alpha value is -2.53. The van der Waals surface area contributed by atoms with Crippen molar-refractivity contribution in [3.05, 3.63) is 39.9 Å². The van der Waals surface area contributed by atoms with Crippen molar-refractivity contribution in [3.8, 4) is 23.0 Å². The van der Waals surface area contributed by atoms with E-state index >= 15 is 0 Å². The molecule has 0 spiro atoms. The van der Waals surface area contributed by atoms with Crippen molar-refractivity contribution in [2.45, 2.75) is 6.42 Å². The Morgan fingerprint density at radius 3 is 2.72 bits per heavy atom. The molecule has 0 unspecified atom stereocenters. The highest BCUT2D eigenvalue weighted by atomic mass is 32.1. The van der Waals surface area contributed by atoms with Crippen molar-refractivity contribution in [3.63, 3.8) is 0 Å². The fourth-order valence-corrected chi connectivity index (χ4v) is 5.02. The summed E-state index contributed by atoms with van der Waals surface area (Å²) in [6, 6.07) is 7.39. The van der Waals surface area contributed by atoms with Gasteiger partial charge in [-0.25, -0.2) is 4.98 Å². The third-order valence-electron chi connectivity index (χ3n) is 5.17. The zero-order valence-corrected chi connectivity index (χ0v) is 19.8. The molecule has 0 N–H and O–H groups in total. The van der Waals surface area contributed by atoms with Crippen molar-refractivity contribution >= 4 is 33.7 Å². The van der Waals surface area contributed by atoms with Gasteiger partial charge in [-0.15, -0.1) is 22.7 Å². The zero-order valence-electron chi connectivity index (χ0n) is 18.2. The first-order chi connectivity index (χ1) is 15.7. The molecule has 0 aliphatic carbocycles. The highest BCUT2D eigenvalue weighted by Crippen LogP contribution is 2.34. The van der Waals surface area contributed by atoms with E-state index in [2.05, 4.69) is 9.88 Å². The molecule has 3 aromatic rings. The third-order valence-corrected chi connectivity index (χ3v) is 6.89. The van der Waals surface area contributed by atoms with Crippen LogP contribution in [-0.2, 0) is 4.74 Å². The Kier molecular flexibility index (Phi) is 7.69. The molecule has 8 nitrogen and oxygen atoms in total. The molecule has 0 bridgehead atoms. The van der Waals surface area contributed by atoms with Crippen LogP contribution in [0.15, 0.2) is 35.0 Å². The summed E-state index contributed by atoms with van der Waals surface area (Å²) in [5, 5.41) is 4.51. The average Bonchev–Trinajstić information content (AvgIpc) is 3.54. The molecule has 32 heavy (non-hydrogen) atoms. The van der Waals surface area contributed by atoms with Gasteiger partial charge in [-0.05, 0) is 23.9 Å². The van der Waals surface area contributed by atoms with Crippen molar-refractivity contribution in [2.24, 2.45) is 0 Å². The molecular weight excluding hydrogens is 448 g/mol. The molecule has 1 saturated heterocycles. The predicted molar refractivity (Wildman–Crippen MR) is 126 cm³/mol. The number of morpholine rings is 1. The minimum atomic E-state index is -0.0253. The van der Waals surface area contributed by atoms with Crippen LogP contribution in [0.1, 0.15) is 16.1 Å². The summed E-state index contributed by atoms with van der Waals surface area (Å²) in [6.45, 7) is 4.93. The number of hydrogen-bond acceptors (Lipinski definition) is 9. The topological polar surface area (TPSA) is 77.0 Å². The van der Waals surface area contributed by atoms with Crippen LogP contribution in [0.2, 0.25) is 0 Å². The Morgan fingerprint density at radius 1 is 1.16 bits per heavy atom. The number of hydrogen-bond donors (Lipinski definition) is 0. The number of aromatic nitrogens is 2. The van der Waals surface area contributed by atoms with Gasteiger partial charge in [-0.3, -0.25) is 14.6 Å². The van der Waals surface area contributed by atoms with E-state index in [1.165, 1.54) is 22.7 Å². The van der Waals surface area contributed by atoms with Crippen LogP contribution in [0, 0.1) is 0 Å². The lowest BCUT2D eigenvalue weighted by Crippen LogP contribution is -2.39. The average molecular weight is 475 g/mol. The van der Waals surface area contributed by atoms with Gasteiger partial charge in [0.2, 0.25) is 11.8 Å². The summed E-state index contributed by atoms with van der Waals surface area (Å²) in [5.74, 6) is 0.881. The first-order valence-electron chi connectivity index (χ1n) is 10.4. The summed E-state index contributed by atoms with van der Waals surface area (Å²) >= 11 is 2.89. The van der Waals surface area contributed by atoms with Gasteiger partial charge in [-0.1, -0.05) is 6.07 Å². The quantitative estimate of drug-likeness (QED) is 0.468. The zero-order chi connectivity index (χ0) is 22.3. The van der Waals surface area contributed by atoms with Gasteiger partial charge >= 0.3 is 0 Å². The molecule has 170 valence electrons. The molecule has 1 fully saturated rings. The van der Waals surface area contributed by atoms with Crippen molar-refractivity contribution in [1.82, 2.24) is 14.9 Å². The van der Waals surface area contributed by atoms with Gasteiger partial charge in [-0.2, -0.15) is 4.98 Å². The maximum Gasteiger partial charge on any atom is 0.270 e. The molecule has 0 atom stereocenters. The number of carbonyl (C=O) groups excluding carboxylic acids is 1. The Morgan fingerprint density at radius 2 is 2.00 bits per heavy atom. The van der Waals surface area contributed by atoms with Crippen LogP contribution >= 0.6 is 22.7 Å². The minimum Gasteiger partial charge on any atom is -0.481 e. The third kappa shape index (κ3) is 5.26. The van der Waals surface area contributed by atoms with Crippen LogP contribution < -0.4 is 14.4 Å². The Balaban J connectivity index is 1.54. The summed E-state index contributed by atoms with van der Waals surface area (Å²) in [4.78, 5) is 27.2. The van der Waals surface area contributed by atoms with Gasteiger partial charge < -0.3 is 14.2 Å². The predicted octanol–water partition coefficient (Wildman–Crippen LogP) is 3.65. The molecular formula is C22H26N4O4S2. The molecule has 1 aliphatic rings. The van der Waals surface area contributed by atoms with Crippen LogP contribution in [0.25, 0.3) is 11.3 Å². The summed E-state index contributed by atoms with van der Waals surface area (Å²) in [6.07, 6.45) is 0.861. The van der Waals surface area contributed by atoms with Gasteiger partial charge in [0.15, 0.2) is 5.13 Å².